The van der Waals surface area contributed by atoms with E-state index < -0.39 is 16.1 Å². The summed E-state index contributed by atoms with van der Waals surface area (Å²) in [7, 11) is -3.13. The van der Waals surface area contributed by atoms with Gasteiger partial charge in [0.15, 0.2) is 0 Å². The molecule has 1 aromatic heterocycles. The lowest BCUT2D eigenvalue weighted by atomic mass is 9.93. The van der Waals surface area contributed by atoms with E-state index in [2.05, 4.69) is 0 Å². The monoisotopic (exact) mass is 287 g/mol. The molecule has 2 atom stereocenters. The zero-order valence-electron chi connectivity index (χ0n) is 11.4. The van der Waals surface area contributed by atoms with E-state index in [1.807, 2.05) is 13.0 Å². The van der Waals surface area contributed by atoms with Crippen LogP contribution in [0, 0.1) is 12.8 Å². The summed E-state index contributed by atoms with van der Waals surface area (Å²) in [6, 6.07) is 3.60. The van der Waals surface area contributed by atoms with Crippen LogP contribution in [0.15, 0.2) is 16.5 Å². The van der Waals surface area contributed by atoms with Crippen LogP contribution >= 0.6 is 0 Å². The number of nitrogens with zero attached hydrogens (tertiary/aromatic N) is 1. The van der Waals surface area contributed by atoms with Gasteiger partial charge in [-0.15, -0.1) is 0 Å². The van der Waals surface area contributed by atoms with Crippen LogP contribution in [0.5, 0.6) is 0 Å². The van der Waals surface area contributed by atoms with Crippen LogP contribution in [-0.2, 0) is 10.0 Å². The van der Waals surface area contributed by atoms with Crippen LogP contribution in [0.3, 0.4) is 0 Å². The number of aryl methyl sites for hydroxylation is 1. The highest BCUT2D eigenvalue weighted by atomic mass is 32.2. The molecule has 1 N–H and O–H groups in total. The summed E-state index contributed by atoms with van der Waals surface area (Å²) in [6.07, 6.45) is 2.92. The summed E-state index contributed by atoms with van der Waals surface area (Å²) in [4.78, 5) is 0. The summed E-state index contributed by atoms with van der Waals surface area (Å²) in [5.41, 5.74) is 0. The molecule has 5 nitrogen and oxygen atoms in total. The predicted octanol–water partition coefficient (Wildman–Crippen LogP) is 1.68. The Morgan fingerprint density at radius 2 is 2.26 bits per heavy atom. The Hall–Kier alpha value is -0.850. The highest BCUT2D eigenvalue weighted by molar-refractivity contribution is 7.88. The molecule has 0 spiro atoms. The second kappa shape index (κ2) is 5.64. The lowest BCUT2D eigenvalue weighted by molar-refractivity contribution is 0.102. The summed E-state index contributed by atoms with van der Waals surface area (Å²) < 4.78 is 30.0. The average molecular weight is 287 g/mol. The largest absolute Gasteiger partial charge is 0.464 e. The minimum atomic E-state index is -3.13. The first-order valence-corrected chi connectivity index (χ1v) is 8.40. The molecule has 0 radical (unpaired) electrons. The number of aliphatic hydroxyl groups is 1. The van der Waals surface area contributed by atoms with Gasteiger partial charge in [0.05, 0.1) is 6.26 Å². The van der Waals surface area contributed by atoms with E-state index in [9.17, 15) is 13.5 Å². The normalized spacial score (nSPS) is 23.4. The standard InChI is InChI=1S/C13H21NO4S/c1-10-5-6-13(18-10)12(15)8-11-4-3-7-14(9-11)19(2,16)17/h5-6,11-12,15H,3-4,7-9H2,1-2H3. The first-order valence-electron chi connectivity index (χ1n) is 6.56. The highest BCUT2D eigenvalue weighted by Crippen LogP contribution is 2.29. The van der Waals surface area contributed by atoms with Crippen molar-refractivity contribution in [1.29, 1.82) is 0 Å². The highest BCUT2D eigenvalue weighted by Gasteiger charge is 2.28. The second-order valence-corrected chi connectivity index (χ2v) is 7.31. The van der Waals surface area contributed by atoms with E-state index in [0.717, 1.165) is 18.6 Å². The van der Waals surface area contributed by atoms with Gasteiger partial charge in [-0.25, -0.2) is 12.7 Å². The Kier molecular flexibility index (Phi) is 4.32. The number of sulfonamides is 1. The van der Waals surface area contributed by atoms with E-state index >= 15 is 0 Å². The van der Waals surface area contributed by atoms with E-state index in [0.29, 0.717) is 25.3 Å². The number of furan rings is 1. The Bertz CT molecular complexity index is 523. The summed E-state index contributed by atoms with van der Waals surface area (Å²) in [5, 5.41) is 10.1. The minimum Gasteiger partial charge on any atom is -0.464 e. The van der Waals surface area contributed by atoms with Crippen molar-refractivity contribution < 1.29 is 17.9 Å². The lowest BCUT2D eigenvalue weighted by Crippen LogP contribution is -2.39. The molecular formula is C13H21NO4S. The fourth-order valence-corrected chi connectivity index (χ4v) is 3.53. The Morgan fingerprint density at radius 3 is 2.84 bits per heavy atom. The molecule has 0 bridgehead atoms. The van der Waals surface area contributed by atoms with Crippen molar-refractivity contribution in [3.8, 4) is 0 Å². The summed E-state index contributed by atoms with van der Waals surface area (Å²) in [6.45, 7) is 2.92. The molecule has 1 aliphatic heterocycles. The third-order valence-corrected chi connectivity index (χ3v) is 4.87. The van der Waals surface area contributed by atoms with E-state index in [1.54, 1.807) is 6.07 Å². The van der Waals surface area contributed by atoms with Crippen molar-refractivity contribution in [3.63, 3.8) is 0 Å². The van der Waals surface area contributed by atoms with Crippen LogP contribution in [0.2, 0.25) is 0 Å². The molecule has 0 saturated carbocycles. The first-order chi connectivity index (χ1) is 8.86. The smallest absolute Gasteiger partial charge is 0.211 e. The third kappa shape index (κ3) is 3.81. The molecule has 108 valence electrons. The first kappa shape index (κ1) is 14.6. The molecule has 6 heteroatoms. The van der Waals surface area contributed by atoms with E-state index in [1.165, 1.54) is 10.6 Å². The third-order valence-electron chi connectivity index (χ3n) is 3.60. The van der Waals surface area contributed by atoms with Crippen LogP contribution in [0.1, 0.15) is 36.9 Å². The molecule has 1 fully saturated rings. The van der Waals surface area contributed by atoms with Gasteiger partial charge < -0.3 is 9.52 Å². The van der Waals surface area contributed by atoms with E-state index in [4.69, 9.17) is 4.42 Å². The van der Waals surface area contributed by atoms with Crippen molar-refractivity contribution >= 4 is 10.0 Å². The number of rotatable bonds is 4. The molecule has 0 aliphatic carbocycles. The van der Waals surface area contributed by atoms with Crippen molar-refractivity contribution in [2.75, 3.05) is 19.3 Å². The molecule has 2 unspecified atom stereocenters. The molecular weight excluding hydrogens is 266 g/mol. The van der Waals surface area contributed by atoms with Crippen molar-refractivity contribution in [2.24, 2.45) is 5.92 Å². The molecule has 1 saturated heterocycles. The molecule has 2 rings (SSSR count). The zero-order chi connectivity index (χ0) is 14.0. The zero-order valence-corrected chi connectivity index (χ0v) is 12.2. The second-order valence-electron chi connectivity index (χ2n) is 5.33. The van der Waals surface area contributed by atoms with Gasteiger partial charge >= 0.3 is 0 Å². The number of hydrogen-bond acceptors (Lipinski definition) is 4. The Labute approximate surface area is 114 Å². The maximum atomic E-state index is 11.5. The van der Waals surface area contributed by atoms with Gasteiger partial charge in [-0.05, 0) is 44.2 Å². The van der Waals surface area contributed by atoms with Crippen molar-refractivity contribution in [2.45, 2.75) is 32.3 Å². The average Bonchev–Trinajstić information content (AvgIpc) is 2.75. The van der Waals surface area contributed by atoms with Crippen molar-refractivity contribution in [3.05, 3.63) is 23.7 Å². The van der Waals surface area contributed by atoms with Gasteiger partial charge in [-0.3, -0.25) is 0 Å². The van der Waals surface area contributed by atoms with Gasteiger partial charge in [0.2, 0.25) is 10.0 Å². The number of hydrogen-bond donors (Lipinski definition) is 1. The van der Waals surface area contributed by atoms with Crippen LogP contribution in [-0.4, -0.2) is 37.2 Å². The Morgan fingerprint density at radius 1 is 1.53 bits per heavy atom. The van der Waals surface area contributed by atoms with Crippen LogP contribution in [0.4, 0.5) is 0 Å². The maximum absolute atomic E-state index is 11.5. The van der Waals surface area contributed by atoms with Gasteiger partial charge in [0.1, 0.15) is 17.6 Å². The van der Waals surface area contributed by atoms with Crippen molar-refractivity contribution in [1.82, 2.24) is 4.31 Å². The molecule has 1 aromatic rings. The predicted molar refractivity (Wildman–Crippen MR) is 72.2 cm³/mol. The van der Waals surface area contributed by atoms with Crippen LogP contribution in [0.25, 0.3) is 0 Å². The van der Waals surface area contributed by atoms with Gasteiger partial charge in [-0.2, -0.15) is 0 Å². The summed E-state index contributed by atoms with van der Waals surface area (Å²) >= 11 is 0. The molecule has 0 aromatic carbocycles. The fourth-order valence-electron chi connectivity index (χ4n) is 2.58. The van der Waals surface area contributed by atoms with Crippen LogP contribution < -0.4 is 0 Å². The summed E-state index contributed by atoms with van der Waals surface area (Å²) in [5.74, 6) is 1.52. The molecule has 1 aliphatic rings. The fraction of sp³-hybridized carbons (Fsp3) is 0.692. The Balaban J connectivity index is 1.95. The lowest BCUT2D eigenvalue weighted by Gasteiger charge is -2.31. The quantitative estimate of drug-likeness (QED) is 0.914. The van der Waals surface area contributed by atoms with Gasteiger partial charge in [0.25, 0.3) is 0 Å². The topological polar surface area (TPSA) is 70.8 Å². The van der Waals surface area contributed by atoms with E-state index in [-0.39, 0.29) is 5.92 Å². The van der Waals surface area contributed by atoms with Gasteiger partial charge in [0, 0.05) is 13.1 Å². The maximum Gasteiger partial charge on any atom is 0.211 e. The molecule has 0 amide bonds. The molecule has 2 heterocycles. The number of aliphatic hydroxyl groups excluding tert-OH is 1. The van der Waals surface area contributed by atoms with Gasteiger partial charge in [-0.1, -0.05) is 0 Å². The SMILES string of the molecule is Cc1ccc(C(O)CC2CCCN(S(C)(=O)=O)C2)o1. The minimum absolute atomic E-state index is 0.184. The number of piperidine rings is 1. The molecule has 19 heavy (non-hydrogen) atoms.